The molecular formula is C17H21F4N3OS. The maximum Gasteiger partial charge on any atom is 0.427 e. The van der Waals surface area contributed by atoms with E-state index < -0.39 is 23.3 Å². The summed E-state index contributed by atoms with van der Waals surface area (Å²) in [4.78, 5) is 13.6. The minimum Gasteiger partial charge on any atom is -0.370 e. The van der Waals surface area contributed by atoms with Crippen molar-refractivity contribution in [3.8, 4) is 0 Å². The van der Waals surface area contributed by atoms with Crippen LogP contribution in [0.1, 0.15) is 24.1 Å². The molecule has 1 saturated carbocycles. The Balaban J connectivity index is 1.41. The maximum absolute atomic E-state index is 13.3. The lowest BCUT2D eigenvalue weighted by Gasteiger charge is -2.24. The van der Waals surface area contributed by atoms with Gasteiger partial charge in [-0.15, -0.1) is 11.3 Å². The number of nitrogens with zero attached hydrogens (tertiary/aromatic N) is 1. The third kappa shape index (κ3) is 3.31. The number of anilines is 1. The van der Waals surface area contributed by atoms with Crippen molar-refractivity contribution in [2.24, 2.45) is 11.8 Å². The summed E-state index contributed by atoms with van der Waals surface area (Å²) in [5, 5.41) is 7.36. The van der Waals surface area contributed by atoms with Gasteiger partial charge in [-0.25, -0.2) is 4.39 Å². The molecule has 4 nitrogen and oxygen atoms in total. The Morgan fingerprint density at radius 3 is 2.81 bits per heavy atom. The first-order valence-corrected chi connectivity index (χ1v) is 9.78. The molecule has 0 radical (unpaired) electrons. The van der Waals surface area contributed by atoms with Crippen LogP contribution in [0.5, 0.6) is 0 Å². The molecule has 5 atom stereocenters. The fourth-order valence-corrected chi connectivity index (χ4v) is 5.37. The van der Waals surface area contributed by atoms with Crippen LogP contribution in [0.25, 0.3) is 0 Å². The zero-order valence-corrected chi connectivity index (χ0v) is 14.9. The van der Waals surface area contributed by atoms with Crippen molar-refractivity contribution in [3.05, 3.63) is 16.3 Å². The van der Waals surface area contributed by atoms with Crippen LogP contribution >= 0.6 is 11.3 Å². The summed E-state index contributed by atoms with van der Waals surface area (Å²) in [5.74, 6) is 0.231. The minimum atomic E-state index is -4.34. The number of hydrogen-bond donors (Lipinski definition) is 2. The van der Waals surface area contributed by atoms with Gasteiger partial charge in [-0.3, -0.25) is 4.79 Å². The first kappa shape index (κ1) is 18.0. The van der Waals surface area contributed by atoms with Gasteiger partial charge in [0.15, 0.2) is 0 Å². The fraction of sp³-hybridized carbons (Fsp3) is 0.706. The number of thiophene rings is 1. The Morgan fingerprint density at radius 2 is 2.12 bits per heavy atom. The summed E-state index contributed by atoms with van der Waals surface area (Å²) in [7, 11) is 0. The van der Waals surface area contributed by atoms with Crippen LogP contribution in [0.4, 0.5) is 23.2 Å². The van der Waals surface area contributed by atoms with Crippen LogP contribution in [-0.4, -0.2) is 43.8 Å². The smallest absolute Gasteiger partial charge is 0.370 e. The molecule has 0 bridgehead atoms. The lowest BCUT2D eigenvalue weighted by atomic mass is 9.97. The van der Waals surface area contributed by atoms with Gasteiger partial charge in [-0.1, -0.05) is 0 Å². The first-order valence-electron chi connectivity index (χ1n) is 8.90. The van der Waals surface area contributed by atoms with Crippen LogP contribution in [0, 0.1) is 11.8 Å². The number of rotatable bonds is 3. The Bertz CT molecular complexity index is 679. The van der Waals surface area contributed by atoms with Gasteiger partial charge in [0.1, 0.15) is 11.0 Å². The van der Waals surface area contributed by atoms with Crippen molar-refractivity contribution < 1.29 is 22.4 Å². The molecule has 4 unspecified atom stereocenters. The molecule has 144 valence electrons. The first-order chi connectivity index (χ1) is 12.3. The van der Waals surface area contributed by atoms with E-state index in [4.69, 9.17) is 0 Å². The molecule has 4 rings (SSSR count). The highest BCUT2D eigenvalue weighted by atomic mass is 32.1. The molecule has 1 aromatic heterocycles. The molecule has 26 heavy (non-hydrogen) atoms. The number of halogens is 4. The molecule has 1 aliphatic carbocycles. The van der Waals surface area contributed by atoms with Crippen molar-refractivity contribution in [2.45, 2.75) is 43.7 Å². The van der Waals surface area contributed by atoms with Crippen molar-refractivity contribution in [3.63, 3.8) is 0 Å². The third-order valence-electron chi connectivity index (χ3n) is 5.82. The van der Waals surface area contributed by atoms with E-state index in [-0.39, 0.29) is 42.4 Å². The van der Waals surface area contributed by atoms with Gasteiger partial charge in [0.25, 0.3) is 0 Å². The Kier molecular flexibility index (Phi) is 4.63. The van der Waals surface area contributed by atoms with Gasteiger partial charge in [-0.2, -0.15) is 13.2 Å². The van der Waals surface area contributed by atoms with Gasteiger partial charge in [0.05, 0.1) is 11.7 Å². The van der Waals surface area contributed by atoms with E-state index in [1.54, 1.807) is 4.90 Å². The number of carbonyl (C=O) groups is 1. The van der Waals surface area contributed by atoms with Gasteiger partial charge >= 0.3 is 6.18 Å². The molecule has 1 aromatic rings. The van der Waals surface area contributed by atoms with Crippen molar-refractivity contribution >= 4 is 22.9 Å². The van der Waals surface area contributed by atoms with Crippen LogP contribution < -0.4 is 15.5 Å². The second-order valence-corrected chi connectivity index (χ2v) is 8.36. The van der Waals surface area contributed by atoms with Crippen LogP contribution in [0.2, 0.25) is 0 Å². The Labute approximate surface area is 152 Å². The molecule has 3 fully saturated rings. The normalized spacial score (nSPS) is 34.3. The zero-order valence-electron chi connectivity index (χ0n) is 14.1. The van der Waals surface area contributed by atoms with E-state index >= 15 is 0 Å². The summed E-state index contributed by atoms with van der Waals surface area (Å²) in [6.07, 6.45) is -3.43. The van der Waals surface area contributed by atoms with E-state index in [1.807, 2.05) is 0 Å². The fourth-order valence-electron chi connectivity index (χ4n) is 4.58. The zero-order chi connectivity index (χ0) is 18.5. The number of nitrogens with one attached hydrogen (secondary N) is 2. The molecule has 2 N–H and O–H groups in total. The second kappa shape index (κ2) is 6.67. The summed E-state index contributed by atoms with van der Waals surface area (Å²) >= 11 is 0.720. The van der Waals surface area contributed by atoms with E-state index in [0.29, 0.717) is 13.1 Å². The van der Waals surface area contributed by atoms with E-state index in [0.717, 1.165) is 24.2 Å². The van der Waals surface area contributed by atoms with Crippen molar-refractivity contribution in [1.82, 2.24) is 10.6 Å². The van der Waals surface area contributed by atoms with E-state index in [1.165, 1.54) is 11.4 Å². The molecule has 2 aliphatic heterocycles. The third-order valence-corrected chi connectivity index (χ3v) is 6.77. The highest BCUT2D eigenvalue weighted by Gasteiger charge is 2.46. The SMILES string of the molecule is O=C(NC1CCC2CN(c3ccsc3C(F)(F)F)CC21)[C@@H]1CC(F)CN1. The molecule has 0 aromatic carbocycles. The second-order valence-electron chi connectivity index (χ2n) is 7.45. The predicted molar refractivity (Wildman–Crippen MR) is 91.0 cm³/mol. The molecule has 3 heterocycles. The Hall–Kier alpha value is -1.35. The number of alkyl halides is 4. The van der Waals surface area contributed by atoms with E-state index in [2.05, 4.69) is 10.6 Å². The average Bonchev–Trinajstić information content (AvgIpc) is 3.28. The molecule has 2 saturated heterocycles. The van der Waals surface area contributed by atoms with Gasteiger partial charge in [-0.05, 0) is 30.2 Å². The molecule has 0 spiro atoms. The number of fused-ring (bicyclic) bond motifs is 1. The lowest BCUT2D eigenvalue weighted by Crippen LogP contribution is -2.47. The standard InChI is InChI=1S/C17H21F4N3OS/c18-10-5-13(22-6-10)16(25)23-12-2-1-9-7-24(8-11(9)12)14-3-4-26-15(14)17(19,20)21/h3-4,9-13,22H,1-2,5-8H2,(H,23,25)/t9?,10?,11?,12?,13-/m0/s1. The quantitative estimate of drug-likeness (QED) is 0.779. The predicted octanol–water partition coefficient (Wildman–Crippen LogP) is 2.80. The maximum atomic E-state index is 13.3. The van der Waals surface area contributed by atoms with Gasteiger partial charge in [0, 0.05) is 38.0 Å². The summed E-state index contributed by atoms with van der Waals surface area (Å²) in [6, 6.07) is 0.979. The van der Waals surface area contributed by atoms with E-state index in [9.17, 15) is 22.4 Å². The largest absolute Gasteiger partial charge is 0.427 e. The van der Waals surface area contributed by atoms with Crippen LogP contribution in [-0.2, 0) is 11.0 Å². The summed E-state index contributed by atoms with van der Waals surface area (Å²) in [5.41, 5.74) is 0.250. The highest BCUT2D eigenvalue weighted by Crippen LogP contribution is 2.45. The minimum absolute atomic E-state index is 0.0501. The van der Waals surface area contributed by atoms with Crippen LogP contribution in [0.15, 0.2) is 11.4 Å². The van der Waals surface area contributed by atoms with Crippen molar-refractivity contribution in [2.75, 3.05) is 24.5 Å². The number of carbonyl (C=O) groups excluding carboxylic acids is 1. The topological polar surface area (TPSA) is 44.4 Å². The Morgan fingerprint density at radius 1 is 1.31 bits per heavy atom. The molecule has 9 heteroatoms. The highest BCUT2D eigenvalue weighted by molar-refractivity contribution is 7.10. The molecule has 1 amide bonds. The van der Waals surface area contributed by atoms with Gasteiger partial charge in [0.2, 0.25) is 5.91 Å². The lowest BCUT2D eigenvalue weighted by molar-refractivity contribution is -0.133. The number of amides is 1. The van der Waals surface area contributed by atoms with Crippen molar-refractivity contribution in [1.29, 1.82) is 0 Å². The summed E-state index contributed by atoms with van der Waals surface area (Å²) < 4.78 is 52.8. The average molecular weight is 391 g/mol. The number of hydrogen-bond acceptors (Lipinski definition) is 4. The molecule has 3 aliphatic rings. The van der Waals surface area contributed by atoms with Crippen LogP contribution in [0.3, 0.4) is 0 Å². The van der Waals surface area contributed by atoms with Gasteiger partial charge < -0.3 is 15.5 Å². The summed E-state index contributed by atoms with van der Waals surface area (Å²) in [6.45, 7) is 1.30. The molecular weight excluding hydrogens is 370 g/mol. The monoisotopic (exact) mass is 391 g/mol.